The number of hydrogen-bond donors (Lipinski definition) is 1. The van der Waals surface area contributed by atoms with E-state index >= 15 is 0 Å². The van der Waals surface area contributed by atoms with E-state index in [9.17, 15) is 9.59 Å². The van der Waals surface area contributed by atoms with Crippen molar-refractivity contribution in [1.29, 1.82) is 0 Å². The lowest BCUT2D eigenvalue weighted by Gasteiger charge is -2.13. The molecule has 4 rings (SSSR count). The van der Waals surface area contributed by atoms with Gasteiger partial charge in [0, 0.05) is 35.3 Å². The van der Waals surface area contributed by atoms with Crippen LogP contribution in [0.3, 0.4) is 0 Å². The molecule has 6 nitrogen and oxygen atoms in total. The number of halogens is 1. The van der Waals surface area contributed by atoms with Crippen LogP contribution in [-0.2, 0) is 9.59 Å². The van der Waals surface area contributed by atoms with E-state index in [0.29, 0.717) is 26.4 Å². The van der Waals surface area contributed by atoms with Crippen LogP contribution in [0, 0.1) is 0 Å². The summed E-state index contributed by atoms with van der Waals surface area (Å²) in [5, 5.41) is 14.2. The van der Waals surface area contributed by atoms with Gasteiger partial charge in [0.2, 0.25) is 0 Å². The van der Waals surface area contributed by atoms with Gasteiger partial charge in [0.25, 0.3) is 5.91 Å². The number of rotatable bonds is 7. The molecule has 0 spiro atoms. The van der Waals surface area contributed by atoms with E-state index in [0.717, 1.165) is 16.8 Å². The van der Waals surface area contributed by atoms with Crippen molar-refractivity contribution in [1.82, 2.24) is 14.7 Å². The molecule has 0 bridgehead atoms. The second-order valence-electron chi connectivity index (χ2n) is 7.05. The summed E-state index contributed by atoms with van der Waals surface area (Å²) < 4.78 is 2.19. The van der Waals surface area contributed by atoms with Gasteiger partial charge in [-0.3, -0.25) is 14.5 Å². The summed E-state index contributed by atoms with van der Waals surface area (Å²) in [6, 6.07) is 17.1. The van der Waals surface area contributed by atoms with Crippen LogP contribution in [0.5, 0.6) is 0 Å². The minimum atomic E-state index is -0.896. The maximum absolute atomic E-state index is 12.9. The molecule has 0 aliphatic carbocycles. The molecule has 0 radical (unpaired) electrons. The predicted molar refractivity (Wildman–Crippen MR) is 131 cm³/mol. The molecule has 0 saturated carbocycles. The van der Waals surface area contributed by atoms with Gasteiger partial charge >= 0.3 is 5.97 Å². The Bertz CT molecular complexity index is 1210. The topological polar surface area (TPSA) is 75.4 Å². The minimum Gasteiger partial charge on any atom is -0.481 e. The van der Waals surface area contributed by atoms with Crippen molar-refractivity contribution in [3.63, 3.8) is 0 Å². The quantitative estimate of drug-likeness (QED) is 0.365. The number of aromatic nitrogens is 2. The first kappa shape index (κ1) is 22.3. The first-order valence-electron chi connectivity index (χ1n) is 9.80. The van der Waals surface area contributed by atoms with E-state index in [1.807, 2.05) is 48.7 Å². The molecule has 1 amide bonds. The lowest BCUT2D eigenvalue weighted by Crippen LogP contribution is -2.29. The largest absolute Gasteiger partial charge is 0.481 e. The Kier molecular flexibility index (Phi) is 6.74. The number of carbonyl (C=O) groups is 2. The molecule has 0 atom stereocenters. The molecule has 1 aliphatic heterocycles. The van der Waals surface area contributed by atoms with Crippen molar-refractivity contribution >= 4 is 57.9 Å². The molecule has 2 aromatic carbocycles. The number of carbonyl (C=O) groups excluding carboxylic acids is 1. The number of thiocarbonyl (C=S) groups is 1. The number of para-hydroxylation sites is 1. The lowest BCUT2D eigenvalue weighted by atomic mass is 10.1. The standard InChI is InChI=1S/C23H18ClN3O3S2/c24-17-10-8-15(9-11-17)21-16(14-27(25-21)18-5-2-1-3-6-18)13-19-22(30)26(23(31)32-19)12-4-7-20(28)29/h1-3,5-6,8-11,13-14H,4,7,12H2,(H,28,29)/b19-13-. The van der Waals surface area contributed by atoms with E-state index in [4.69, 9.17) is 34.0 Å². The zero-order valence-corrected chi connectivity index (χ0v) is 19.2. The minimum absolute atomic E-state index is 0.0132. The van der Waals surface area contributed by atoms with E-state index in [1.54, 1.807) is 22.9 Å². The second kappa shape index (κ2) is 9.68. The normalized spacial score (nSPS) is 15.0. The maximum atomic E-state index is 12.9. The molecule has 0 unspecified atom stereocenters. The highest BCUT2D eigenvalue weighted by Crippen LogP contribution is 2.35. The molecule has 1 aliphatic rings. The van der Waals surface area contributed by atoms with Gasteiger partial charge < -0.3 is 5.11 Å². The van der Waals surface area contributed by atoms with Crippen molar-refractivity contribution in [2.24, 2.45) is 0 Å². The molecule has 32 heavy (non-hydrogen) atoms. The number of carboxylic acid groups (broad SMARTS) is 1. The number of amides is 1. The summed E-state index contributed by atoms with van der Waals surface area (Å²) in [6.07, 6.45) is 3.99. The summed E-state index contributed by atoms with van der Waals surface area (Å²) in [7, 11) is 0. The van der Waals surface area contributed by atoms with Gasteiger partial charge in [-0.2, -0.15) is 5.10 Å². The highest BCUT2D eigenvalue weighted by molar-refractivity contribution is 8.26. The first-order chi connectivity index (χ1) is 15.4. The molecule has 2 heterocycles. The molecule has 1 saturated heterocycles. The number of hydrogen-bond acceptors (Lipinski definition) is 5. The highest BCUT2D eigenvalue weighted by Gasteiger charge is 2.32. The molecule has 162 valence electrons. The van der Waals surface area contributed by atoms with E-state index in [1.165, 1.54) is 16.7 Å². The third-order valence-electron chi connectivity index (χ3n) is 4.81. The Morgan fingerprint density at radius 1 is 1.16 bits per heavy atom. The number of thioether (sulfide) groups is 1. The predicted octanol–water partition coefficient (Wildman–Crippen LogP) is 5.26. The summed E-state index contributed by atoms with van der Waals surface area (Å²) >= 11 is 12.6. The van der Waals surface area contributed by atoms with Gasteiger partial charge in [-0.05, 0) is 36.8 Å². The first-order valence-corrected chi connectivity index (χ1v) is 11.4. The van der Waals surface area contributed by atoms with Crippen LogP contribution in [0.2, 0.25) is 5.02 Å². The van der Waals surface area contributed by atoms with Gasteiger partial charge in [-0.1, -0.05) is 65.9 Å². The van der Waals surface area contributed by atoms with Crippen molar-refractivity contribution in [3.05, 3.63) is 76.3 Å². The Labute approximate surface area is 199 Å². The number of benzene rings is 2. The van der Waals surface area contributed by atoms with E-state index in [-0.39, 0.29) is 18.9 Å². The monoisotopic (exact) mass is 483 g/mol. The summed E-state index contributed by atoms with van der Waals surface area (Å²) in [5.74, 6) is -1.12. The fourth-order valence-corrected chi connectivity index (χ4v) is 4.69. The summed E-state index contributed by atoms with van der Waals surface area (Å²) in [6.45, 7) is 0.279. The second-order valence-corrected chi connectivity index (χ2v) is 9.16. The molecular weight excluding hydrogens is 466 g/mol. The smallest absolute Gasteiger partial charge is 0.303 e. The molecule has 9 heteroatoms. The molecule has 3 aromatic rings. The summed E-state index contributed by atoms with van der Waals surface area (Å²) in [4.78, 5) is 25.6. The molecular formula is C23H18ClN3O3S2. The average molecular weight is 484 g/mol. The Balaban J connectivity index is 1.69. The summed E-state index contributed by atoms with van der Waals surface area (Å²) in [5.41, 5.74) is 3.24. The van der Waals surface area contributed by atoms with E-state index < -0.39 is 5.97 Å². The van der Waals surface area contributed by atoms with Crippen LogP contribution in [0.15, 0.2) is 65.7 Å². The van der Waals surface area contributed by atoms with Gasteiger partial charge in [0.1, 0.15) is 4.32 Å². The van der Waals surface area contributed by atoms with Crippen LogP contribution in [0.1, 0.15) is 18.4 Å². The average Bonchev–Trinajstić information content (AvgIpc) is 3.31. The molecule has 1 aromatic heterocycles. The van der Waals surface area contributed by atoms with Crippen molar-refractivity contribution in [3.8, 4) is 16.9 Å². The third-order valence-corrected chi connectivity index (χ3v) is 6.44. The highest BCUT2D eigenvalue weighted by atomic mass is 35.5. The van der Waals surface area contributed by atoms with Crippen LogP contribution >= 0.6 is 35.6 Å². The Hall–Kier alpha value is -2.94. The van der Waals surface area contributed by atoms with Gasteiger partial charge in [0.05, 0.1) is 16.3 Å². The Morgan fingerprint density at radius 2 is 1.88 bits per heavy atom. The van der Waals surface area contributed by atoms with Gasteiger partial charge in [-0.25, -0.2) is 4.68 Å². The van der Waals surface area contributed by atoms with E-state index in [2.05, 4.69) is 0 Å². The third kappa shape index (κ3) is 4.93. The molecule has 1 fully saturated rings. The van der Waals surface area contributed by atoms with Crippen molar-refractivity contribution < 1.29 is 14.7 Å². The van der Waals surface area contributed by atoms with Gasteiger partial charge in [-0.15, -0.1) is 0 Å². The number of carboxylic acids is 1. The van der Waals surface area contributed by atoms with Crippen LogP contribution < -0.4 is 0 Å². The van der Waals surface area contributed by atoms with Gasteiger partial charge in [0.15, 0.2) is 0 Å². The number of aliphatic carboxylic acids is 1. The van der Waals surface area contributed by atoms with Crippen LogP contribution in [0.25, 0.3) is 23.0 Å². The maximum Gasteiger partial charge on any atom is 0.303 e. The zero-order valence-electron chi connectivity index (χ0n) is 16.8. The molecule has 1 N–H and O–H groups in total. The fourth-order valence-electron chi connectivity index (χ4n) is 3.26. The van der Waals surface area contributed by atoms with Crippen LogP contribution in [0.4, 0.5) is 0 Å². The van der Waals surface area contributed by atoms with Crippen molar-refractivity contribution in [2.45, 2.75) is 12.8 Å². The van der Waals surface area contributed by atoms with Crippen molar-refractivity contribution in [2.75, 3.05) is 6.54 Å². The zero-order chi connectivity index (χ0) is 22.7. The number of nitrogens with zero attached hydrogens (tertiary/aromatic N) is 3. The van der Waals surface area contributed by atoms with Crippen LogP contribution in [-0.4, -0.2) is 42.5 Å². The Morgan fingerprint density at radius 3 is 2.56 bits per heavy atom. The fraction of sp³-hybridized carbons (Fsp3) is 0.130. The SMILES string of the molecule is O=C(O)CCCN1C(=O)/C(=C/c2cn(-c3ccccc3)nc2-c2ccc(Cl)cc2)SC1=S. The lowest BCUT2D eigenvalue weighted by molar-refractivity contribution is -0.137.